The van der Waals surface area contributed by atoms with E-state index in [1.54, 1.807) is 20.3 Å². The fourth-order valence-electron chi connectivity index (χ4n) is 2.25. The van der Waals surface area contributed by atoms with Gasteiger partial charge in [-0.25, -0.2) is 0 Å². The standard InChI is InChI=1S/C17H21NO3/c1-11-9-13(5-8-16(11)19)18-12(2)15-7-6-14(20-3)10-17(15)21-4/h5-10,12,18-19H,1-4H3. The van der Waals surface area contributed by atoms with Crippen LogP contribution in [-0.4, -0.2) is 19.3 Å². The molecular formula is C17H21NO3. The molecule has 1 unspecified atom stereocenters. The van der Waals surface area contributed by atoms with Gasteiger partial charge in [0.05, 0.1) is 20.3 Å². The number of aromatic hydroxyl groups is 1. The highest BCUT2D eigenvalue weighted by Crippen LogP contribution is 2.32. The second-order valence-corrected chi connectivity index (χ2v) is 4.98. The number of hydrogen-bond acceptors (Lipinski definition) is 4. The van der Waals surface area contributed by atoms with E-state index >= 15 is 0 Å². The monoisotopic (exact) mass is 287 g/mol. The van der Waals surface area contributed by atoms with Gasteiger partial charge in [-0.3, -0.25) is 0 Å². The molecule has 21 heavy (non-hydrogen) atoms. The van der Waals surface area contributed by atoms with Crippen LogP contribution in [0, 0.1) is 6.92 Å². The molecule has 0 aliphatic carbocycles. The van der Waals surface area contributed by atoms with Crippen LogP contribution >= 0.6 is 0 Å². The molecule has 0 heterocycles. The fraction of sp³-hybridized carbons (Fsp3) is 0.294. The van der Waals surface area contributed by atoms with Crippen molar-refractivity contribution in [3.05, 3.63) is 47.5 Å². The van der Waals surface area contributed by atoms with Crippen LogP contribution in [0.25, 0.3) is 0 Å². The Morgan fingerprint density at radius 2 is 1.81 bits per heavy atom. The molecule has 0 aliphatic rings. The maximum Gasteiger partial charge on any atom is 0.127 e. The number of rotatable bonds is 5. The number of ether oxygens (including phenoxy) is 2. The van der Waals surface area contributed by atoms with Crippen LogP contribution in [0.3, 0.4) is 0 Å². The fourth-order valence-corrected chi connectivity index (χ4v) is 2.25. The molecule has 0 fully saturated rings. The van der Waals surface area contributed by atoms with Crippen molar-refractivity contribution in [3.63, 3.8) is 0 Å². The van der Waals surface area contributed by atoms with E-state index in [1.807, 2.05) is 37.3 Å². The first-order valence-electron chi connectivity index (χ1n) is 6.83. The SMILES string of the molecule is COc1ccc(C(C)Nc2ccc(O)c(C)c2)c(OC)c1. The zero-order chi connectivity index (χ0) is 15.4. The number of phenolic OH excluding ortho intramolecular Hbond substituents is 1. The summed E-state index contributed by atoms with van der Waals surface area (Å²) in [6.07, 6.45) is 0. The normalized spacial score (nSPS) is 11.8. The average Bonchev–Trinajstić information content (AvgIpc) is 2.50. The summed E-state index contributed by atoms with van der Waals surface area (Å²) in [5, 5.41) is 13.0. The van der Waals surface area contributed by atoms with Crippen molar-refractivity contribution in [2.24, 2.45) is 0 Å². The summed E-state index contributed by atoms with van der Waals surface area (Å²) in [5.41, 5.74) is 2.84. The predicted molar refractivity (Wildman–Crippen MR) is 84.4 cm³/mol. The molecular weight excluding hydrogens is 266 g/mol. The van der Waals surface area contributed by atoms with E-state index in [0.29, 0.717) is 5.75 Å². The predicted octanol–water partition coefficient (Wildman–Crippen LogP) is 3.89. The lowest BCUT2D eigenvalue weighted by atomic mass is 10.1. The molecule has 0 bridgehead atoms. The second kappa shape index (κ2) is 6.39. The van der Waals surface area contributed by atoms with Crippen molar-refractivity contribution < 1.29 is 14.6 Å². The van der Waals surface area contributed by atoms with Crippen LogP contribution in [0.4, 0.5) is 5.69 Å². The molecule has 4 heteroatoms. The van der Waals surface area contributed by atoms with Crippen molar-refractivity contribution >= 4 is 5.69 Å². The van der Waals surface area contributed by atoms with Gasteiger partial charge < -0.3 is 19.9 Å². The number of hydrogen-bond donors (Lipinski definition) is 2. The number of anilines is 1. The minimum atomic E-state index is 0.0646. The largest absolute Gasteiger partial charge is 0.508 e. The summed E-state index contributed by atoms with van der Waals surface area (Å²) in [5.74, 6) is 1.85. The lowest BCUT2D eigenvalue weighted by Gasteiger charge is -2.19. The Hall–Kier alpha value is -2.36. The van der Waals surface area contributed by atoms with Crippen LogP contribution in [0.1, 0.15) is 24.1 Å². The highest BCUT2D eigenvalue weighted by Gasteiger charge is 2.12. The van der Waals surface area contributed by atoms with Crippen molar-refractivity contribution in [1.82, 2.24) is 0 Å². The molecule has 0 radical (unpaired) electrons. The highest BCUT2D eigenvalue weighted by molar-refractivity contribution is 5.53. The maximum absolute atomic E-state index is 9.57. The first kappa shape index (κ1) is 15.0. The van der Waals surface area contributed by atoms with Gasteiger partial charge in [-0.15, -0.1) is 0 Å². The lowest BCUT2D eigenvalue weighted by Crippen LogP contribution is -2.08. The number of methoxy groups -OCH3 is 2. The summed E-state index contributed by atoms with van der Waals surface area (Å²) < 4.78 is 10.6. The Kier molecular flexibility index (Phi) is 4.58. The Morgan fingerprint density at radius 1 is 1.05 bits per heavy atom. The third-order valence-electron chi connectivity index (χ3n) is 3.49. The summed E-state index contributed by atoms with van der Waals surface area (Å²) in [6.45, 7) is 3.94. The van der Waals surface area contributed by atoms with Gasteiger partial charge in [0.2, 0.25) is 0 Å². The average molecular weight is 287 g/mol. The molecule has 112 valence electrons. The lowest BCUT2D eigenvalue weighted by molar-refractivity contribution is 0.390. The minimum Gasteiger partial charge on any atom is -0.508 e. The zero-order valence-electron chi connectivity index (χ0n) is 12.8. The molecule has 4 nitrogen and oxygen atoms in total. The third-order valence-corrected chi connectivity index (χ3v) is 3.49. The molecule has 2 rings (SSSR count). The van der Waals surface area contributed by atoms with E-state index in [-0.39, 0.29) is 6.04 Å². The summed E-state index contributed by atoms with van der Waals surface area (Å²) in [6, 6.07) is 11.3. The topological polar surface area (TPSA) is 50.7 Å². The molecule has 2 aromatic rings. The second-order valence-electron chi connectivity index (χ2n) is 4.98. The number of nitrogens with one attached hydrogen (secondary N) is 1. The Morgan fingerprint density at radius 3 is 2.43 bits per heavy atom. The van der Waals surface area contributed by atoms with Gasteiger partial charge >= 0.3 is 0 Å². The molecule has 0 saturated carbocycles. The van der Waals surface area contributed by atoms with Gasteiger partial charge in [0, 0.05) is 17.3 Å². The minimum absolute atomic E-state index is 0.0646. The third kappa shape index (κ3) is 3.40. The molecule has 1 atom stereocenters. The summed E-state index contributed by atoms with van der Waals surface area (Å²) >= 11 is 0. The quantitative estimate of drug-likeness (QED) is 0.819. The highest BCUT2D eigenvalue weighted by atomic mass is 16.5. The molecule has 0 amide bonds. The number of aryl methyl sites for hydroxylation is 1. The van der Waals surface area contributed by atoms with E-state index in [4.69, 9.17) is 9.47 Å². The van der Waals surface area contributed by atoms with E-state index in [1.165, 1.54) is 0 Å². The van der Waals surface area contributed by atoms with Crippen LogP contribution in [-0.2, 0) is 0 Å². The van der Waals surface area contributed by atoms with Crippen LogP contribution < -0.4 is 14.8 Å². The van der Waals surface area contributed by atoms with E-state index < -0.39 is 0 Å². The van der Waals surface area contributed by atoms with Crippen LogP contribution in [0.5, 0.6) is 17.2 Å². The molecule has 2 N–H and O–H groups in total. The molecule has 0 saturated heterocycles. The molecule has 0 spiro atoms. The van der Waals surface area contributed by atoms with E-state index in [2.05, 4.69) is 12.2 Å². The van der Waals surface area contributed by atoms with Gasteiger partial charge in [0.25, 0.3) is 0 Å². The molecule has 2 aromatic carbocycles. The van der Waals surface area contributed by atoms with Crippen molar-refractivity contribution in [3.8, 4) is 17.2 Å². The van der Waals surface area contributed by atoms with Crippen LogP contribution in [0.15, 0.2) is 36.4 Å². The van der Waals surface area contributed by atoms with Gasteiger partial charge in [-0.1, -0.05) is 0 Å². The molecule has 0 aromatic heterocycles. The molecule has 0 aliphatic heterocycles. The summed E-state index contributed by atoms with van der Waals surface area (Å²) in [4.78, 5) is 0. The summed E-state index contributed by atoms with van der Waals surface area (Å²) in [7, 11) is 3.28. The number of phenols is 1. The van der Waals surface area contributed by atoms with E-state index in [9.17, 15) is 5.11 Å². The smallest absolute Gasteiger partial charge is 0.127 e. The maximum atomic E-state index is 9.57. The van der Waals surface area contributed by atoms with Crippen molar-refractivity contribution in [2.75, 3.05) is 19.5 Å². The van der Waals surface area contributed by atoms with E-state index in [0.717, 1.165) is 28.3 Å². The first-order valence-corrected chi connectivity index (χ1v) is 6.83. The Labute approximate surface area is 125 Å². The van der Waals surface area contributed by atoms with Gasteiger partial charge in [0.15, 0.2) is 0 Å². The van der Waals surface area contributed by atoms with Crippen molar-refractivity contribution in [2.45, 2.75) is 19.9 Å². The van der Waals surface area contributed by atoms with Gasteiger partial charge in [0.1, 0.15) is 17.2 Å². The van der Waals surface area contributed by atoms with Gasteiger partial charge in [-0.05, 0) is 49.7 Å². The Balaban J connectivity index is 2.23. The zero-order valence-corrected chi connectivity index (χ0v) is 12.8. The first-order chi connectivity index (χ1) is 10.0. The van der Waals surface area contributed by atoms with Crippen molar-refractivity contribution in [1.29, 1.82) is 0 Å². The van der Waals surface area contributed by atoms with Crippen LogP contribution in [0.2, 0.25) is 0 Å². The van der Waals surface area contributed by atoms with Gasteiger partial charge in [-0.2, -0.15) is 0 Å². The number of benzene rings is 2. The Bertz CT molecular complexity index is 625.